The van der Waals surface area contributed by atoms with E-state index in [-0.39, 0.29) is 6.67 Å². The Morgan fingerprint density at radius 2 is 0.893 bits per heavy atom. The van der Waals surface area contributed by atoms with E-state index in [2.05, 4.69) is 11.8 Å². The van der Waals surface area contributed by atoms with E-state index in [1.807, 2.05) is 13.8 Å². The summed E-state index contributed by atoms with van der Waals surface area (Å²) in [5.41, 5.74) is -1.26. The van der Waals surface area contributed by atoms with E-state index >= 15 is 0 Å². The number of halogens is 10. The topological polar surface area (TPSA) is 0 Å². The third kappa shape index (κ3) is 17.5. The fourth-order valence-corrected chi connectivity index (χ4v) is 0.851. The summed E-state index contributed by atoms with van der Waals surface area (Å²) in [6, 6.07) is 0. The molecular formula is C18H24F10. The van der Waals surface area contributed by atoms with Crippen molar-refractivity contribution < 1.29 is 43.9 Å². The van der Waals surface area contributed by atoms with E-state index in [0.717, 1.165) is 13.8 Å². The van der Waals surface area contributed by atoms with Crippen LogP contribution in [0.5, 0.6) is 0 Å². The van der Waals surface area contributed by atoms with Gasteiger partial charge in [0.25, 0.3) is 0 Å². The van der Waals surface area contributed by atoms with Gasteiger partial charge < -0.3 is 0 Å². The molecule has 1 rings (SSSR count). The van der Waals surface area contributed by atoms with Crippen LogP contribution in [0, 0.1) is 49.0 Å². The second-order valence-corrected chi connectivity index (χ2v) is 4.44. The lowest BCUT2D eigenvalue weighted by Crippen LogP contribution is -2.08. The highest BCUT2D eigenvalue weighted by atomic mass is 19.4. The van der Waals surface area contributed by atoms with Crippen LogP contribution in [0.4, 0.5) is 43.9 Å². The summed E-state index contributed by atoms with van der Waals surface area (Å²) in [7, 11) is 0.500. The van der Waals surface area contributed by atoms with Gasteiger partial charge in [-0.2, -0.15) is 13.2 Å². The lowest BCUT2D eigenvalue weighted by atomic mass is 10.1. The van der Waals surface area contributed by atoms with Gasteiger partial charge >= 0.3 is 6.18 Å². The lowest BCUT2D eigenvalue weighted by molar-refractivity contribution is -0.142. The third-order valence-electron chi connectivity index (χ3n) is 2.29. The Bertz CT molecular complexity index is 455. The number of rotatable bonds is 1. The van der Waals surface area contributed by atoms with Crippen LogP contribution in [0.15, 0.2) is 0 Å². The minimum atomic E-state index is -4.62. The van der Waals surface area contributed by atoms with Gasteiger partial charge in [-0.15, -0.1) is 11.8 Å². The van der Waals surface area contributed by atoms with E-state index in [4.69, 9.17) is 0 Å². The highest BCUT2D eigenvalue weighted by Gasteiger charge is 2.26. The number of hydrogen-bond acceptors (Lipinski definition) is 0. The second-order valence-electron chi connectivity index (χ2n) is 4.44. The van der Waals surface area contributed by atoms with Crippen LogP contribution in [0.1, 0.15) is 38.3 Å². The molecule has 0 heterocycles. The molecule has 10 heteroatoms. The molecule has 0 aliphatic rings. The summed E-state index contributed by atoms with van der Waals surface area (Å²) in [6.07, 6.45) is -3.97. The molecule has 0 N–H and O–H groups in total. The van der Waals surface area contributed by atoms with E-state index in [0.29, 0.717) is 13.6 Å². The Hall–Kier alpha value is -1.92. The number of hydrogen-bond donors (Lipinski definition) is 0. The predicted octanol–water partition coefficient (Wildman–Crippen LogP) is 7.36. The van der Waals surface area contributed by atoms with Gasteiger partial charge in [0.1, 0.15) is 0 Å². The van der Waals surface area contributed by atoms with Crippen molar-refractivity contribution in [3.63, 3.8) is 0 Å². The fourth-order valence-electron chi connectivity index (χ4n) is 0.851. The minimum Gasteiger partial charge on any atom is -0.255 e. The van der Waals surface area contributed by atoms with Crippen LogP contribution in [0.25, 0.3) is 0 Å². The highest BCUT2D eigenvalue weighted by Crippen LogP contribution is 2.22. The molecular weight excluding hydrogens is 406 g/mol. The maximum Gasteiger partial charge on any atom is 0.416 e. The van der Waals surface area contributed by atoms with E-state index in [1.165, 1.54) is 0 Å². The van der Waals surface area contributed by atoms with Crippen molar-refractivity contribution in [3.05, 3.63) is 34.4 Å². The molecule has 0 aliphatic heterocycles. The van der Waals surface area contributed by atoms with Crippen LogP contribution in [0.2, 0.25) is 0 Å². The summed E-state index contributed by atoms with van der Waals surface area (Å²) in [5.74, 6) is 0.0515. The van der Waals surface area contributed by atoms with Crippen LogP contribution in [0.3, 0.4) is 0 Å². The average Bonchev–Trinajstić information content (AvgIpc) is 2.71. The maximum absolute atomic E-state index is 12.7. The molecule has 1 aromatic rings. The zero-order valence-electron chi connectivity index (χ0n) is 16.4. The smallest absolute Gasteiger partial charge is 0.255 e. The van der Waals surface area contributed by atoms with Gasteiger partial charge in [-0.1, -0.05) is 6.92 Å². The van der Waals surface area contributed by atoms with Crippen molar-refractivity contribution in [2.24, 2.45) is 0 Å². The molecule has 0 radical (unpaired) electrons. The molecule has 0 spiro atoms. The van der Waals surface area contributed by atoms with Crippen molar-refractivity contribution >= 4 is 0 Å². The molecule has 166 valence electrons. The molecule has 0 aromatic heterocycles. The summed E-state index contributed by atoms with van der Waals surface area (Å²) < 4.78 is 112. The van der Waals surface area contributed by atoms with E-state index in [1.54, 1.807) is 6.92 Å². The molecule has 28 heavy (non-hydrogen) atoms. The predicted molar refractivity (Wildman–Crippen MR) is 90.2 cm³/mol. The van der Waals surface area contributed by atoms with Crippen molar-refractivity contribution in [2.75, 3.05) is 20.5 Å². The molecule has 0 aliphatic carbocycles. The van der Waals surface area contributed by atoms with Crippen molar-refractivity contribution in [1.82, 2.24) is 0 Å². The highest BCUT2D eigenvalue weighted by molar-refractivity contribution is 5.27. The first-order chi connectivity index (χ1) is 12.9. The van der Waals surface area contributed by atoms with Gasteiger partial charge in [0.15, 0.2) is 29.9 Å². The minimum absolute atomic E-state index is 0.181. The van der Waals surface area contributed by atoms with E-state index in [9.17, 15) is 43.9 Å². The Morgan fingerprint density at radius 1 is 0.714 bits per heavy atom. The van der Waals surface area contributed by atoms with Crippen molar-refractivity contribution in [1.29, 1.82) is 0 Å². The zero-order valence-corrected chi connectivity index (χ0v) is 16.4. The third-order valence-corrected chi connectivity index (χ3v) is 2.29. The molecule has 0 saturated carbocycles. The van der Waals surface area contributed by atoms with Gasteiger partial charge in [0.05, 0.1) is 13.9 Å². The molecule has 0 unspecified atom stereocenters. The van der Waals surface area contributed by atoms with Gasteiger partial charge in [-0.3, -0.25) is 8.78 Å². The van der Waals surface area contributed by atoms with Gasteiger partial charge in [-0.05, 0) is 34.1 Å². The summed E-state index contributed by atoms with van der Waals surface area (Å²) in [4.78, 5) is 0. The first-order valence-electron chi connectivity index (χ1n) is 7.55. The Labute approximate surface area is 158 Å². The average molecular weight is 430 g/mol. The molecule has 0 amide bonds. The first-order valence-corrected chi connectivity index (χ1v) is 7.55. The summed E-state index contributed by atoms with van der Waals surface area (Å²) >= 11 is 0. The molecule has 0 nitrogen and oxygen atoms in total. The Morgan fingerprint density at radius 3 is 0.964 bits per heavy atom. The SMILES string of the molecule is CC#CC.CCCF.CF.Cc1c(F)c(F)c(C)c(F)c1F.FCC(F)(F)F. The van der Waals surface area contributed by atoms with Crippen LogP contribution < -0.4 is 0 Å². The van der Waals surface area contributed by atoms with Gasteiger partial charge in [-0.25, -0.2) is 22.0 Å². The quantitative estimate of drug-likeness (QED) is 0.248. The summed E-state index contributed by atoms with van der Waals surface area (Å²) in [5, 5.41) is 0. The van der Waals surface area contributed by atoms with Crippen molar-refractivity contribution in [3.8, 4) is 11.8 Å². The van der Waals surface area contributed by atoms with Crippen LogP contribution in [-0.4, -0.2) is 26.7 Å². The molecule has 0 bridgehead atoms. The Kier molecular flexibility index (Phi) is 23.8. The first kappa shape index (κ1) is 33.6. The number of alkyl halides is 6. The zero-order chi connectivity index (χ0) is 23.5. The van der Waals surface area contributed by atoms with Gasteiger partial charge in [0.2, 0.25) is 0 Å². The molecule has 0 saturated heterocycles. The molecule has 0 fully saturated rings. The standard InChI is InChI=1S/C8H6F4.C4H6.C3H7F.C2H2F4.CH3F/c1-3-5(9)7(11)4(2)8(12)6(3)10;1-3-4-2;1-2-3-4;3-1-2(4,5)6;1-2/h1-2H3;1-2H3;2-3H2,1H3;1H2;1H3. The van der Waals surface area contributed by atoms with Crippen LogP contribution >= 0.6 is 0 Å². The number of benzene rings is 1. The molecule has 1 aromatic carbocycles. The fraction of sp³-hybridized carbons (Fsp3) is 0.556. The second kappa shape index (κ2) is 19.8. The van der Waals surface area contributed by atoms with E-state index < -0.39 is 47.2 Å². The maximum atomic E-state index is 12.7. The van der Waals surface area contributed by atoms with Crippen LogP contribution in [-0.2, 0) is 0 Å². The van der Waals surface area contributed by atoms with Gasteiger partial charge in [0, 0.05) is 11.1 Å². The molecule has 0 atom stereocenters. The summed E-state index contributed by atoms with van der Waals surface area (Å²) in [6.45, 7) is 5.00. The normalized spacial score (nSPS) is 8.86. The lowest BCUT2D eigenvalue weighted by Gasteiger charge is -2.04. The largest absolute Gasteiger partial charge is 0.416 e. The Balaban J connectivity index is -0.000000152. The van der Waals surface area contributed by atoms with Crippen molar-refractivity contribution in [2.45, 2.75) is 47.2 Å². The monoisotopic (exact) mass is 430 g/mol.